The normalized spacial score (nSPS) is 11.5. The number of nitrogens with zero attached hydrogens (tertiary/aromatic N) is 3. The number of anilines is 2. The van der Waals surface area contributed by atoms with Gasteiger partial charge in [0.2, 0.25) is 5.95 Å². The number of hydrogen-bond acceptors (Lipinski definition) is 4. The molecule has 0 unspecified atom stereocenters. The van der Waals surface area contributed by atoms with E-state index in [2.05, 4.69) is 315 Å². The largest absolute Gasteiger partial charge is 0.323 e. The van der Waals surface area contributed by atoms with Crippen LogP contribution >= 0.6 is 0 Å². The Labute approximate surface area is 441 Å². The van der Waals surface area contributed by atoms with E-state index in [-0.39, 0.29) is 0 Å². The first-order chi connectivity index (χ1) is 37.2. The van der Waals surface area contributed by atoms with E-state index in [0.717, 1.165) is 33.5 Å². The molecule has 0 spiro atoms. The predicted octanol–water partition coefficient (Wildman–Crippen LogP) is 11.0. The highest BCUT2D eigenvalue weighted by Gasteiger charge is 2.43. The summed E-state index contributed by atoms with van der Waals surface area (Å²) in [6.45, 7) is 0. The number of rotatable bonds is 14. The van der Waals surface area contributed by atoms with Gasteiger partial charge in [0.25, 0.3) is 0 Å². The molecule has 0 aliphatic rings. The number of hydrogen-bond donors (Lipinski definition) is 1. The van der Waals surface area contributed by atoms with E-state index in [0.29, 0.717) is 17.6 Å². The number of para-hydroxylation sites is 1. The molecular formula is C69H52N4Si2. The first-order valence-corrected chi connectivity index (χ1v) is 29.5. The van der Waals surface area contributed by atoms with Crippen LogP contribution in [0.5, 0.6) is 0 Å². The maximum absolute atomic E-state index is 5.49. The van der Waals surface area contributed by atoms with Gasteiger partial charge in [-0.05, 0) is 70.3 Å². The summed E-state index contributed by atoms with van der Waals surface area (Å²) in [5.74, 6) is 1.61. The molecule has 0 aliphatic heterocycles. The van der Waals surface area contributed by atoms with Crippen LogP contribution in [0.3, 0.4) is 0 Å². The third-order valence-electron chi connectivity index (χ3n) is 14.4. The van der Waals surface area contributed by atoms with Crippen LogP contribution in [0.4, 0.5) is 11.6 Å². The number of benzene rings is 11. The summed E-state index contributed by atoms with van der Waals surface area (Å²) in [6, 6.07) is 112. The Morgan fingerprint density at radius 2 is 0.533 bits per heavy atom. The smallest absolute Gasteiger partial charge is 0.231 e. The Hall–Kier alpha value is -9.34. The maximum atomic E-state index is 5.49. The minimum Gasteiger partial charge on any atom is -0.323 e. The van der Waals surface area contributed by atoms with E-state index < -0.39 is 16.1 Å². The molecule has 0 radical (unpaired) electrons. The summed E-state index contributed by atoms with van der Waals surface area (Å²) in [4.78, 5) is 16.2. The number of nitrogens with one attached hydrogen (secondary N) is 1. The number of aromatic nitrogens is 3. The molecule has 0 saturated carbocycles. The fraction of sp³-hybridized carbons (Fsp3) is 0. The average Bonchev–Trinajstić information content (AvgIpc) is 3.50. The summed E-state index contributed by atoms with van der Waals surface area (Å²) in [6.07, 6.45) is 0. The highest BCUT2D eigenvalue weighted by Crippen LogP contribution is 2.33. The lowest BCUT2D eigenvalue weighted by molar-refractivity contribution is 1.07. The first-order valence-electron chi connectivity index (χ1n) is 25.5. The predicted molar refractivity (Wildman–Crippen MR) is 319 cm³/mol. The second-order valence-corrected chi connectivity index (χ2v) is 26.4. The van der Waals surface area contributed by atoms with Crippen LogP contribution < -0.4 is 46.8 Å². The van der Waals surface area contributed by atoms with Gasteiger partial charge in [0.05, 0.1) is 0 Å². The van der Waals surface area contributed by atoms with Gasteiger partial charge in [0.1, 0.15) is 0 Å². The van der Waals surface area contributed by atoms with Crippen LogP contribution in [0.2, 0.25) is 0 Å². The van der Waals surface area contributed by atoms with Crippen LogP contribution in [0, 0.1) is 0 Å². The van der Waals surface area contributed by atoms with E-state index in [9.17, 15) is 0 Å². The molecule has 12 aromatic rings. The molecule has 0 saturated heterocycles. The molecule has 0 atom stereocenters. The zero-order valence-electron chi connectivity index (χ0n) is 41.3. The molecule has 0 fully saturated rings. The van der Waals surface area contributed by atoms with Gasteiger partial charge < -0.3 is 5.32 Å². The van der Waals surface area contributed by atoms with Gasteiger partial charge in [-0.1, -0.05) is 297 Å². The molecule has 4 nitrogen and oxygen atoms in total. The Morgan fingerprint density at radius 1 is 0.227 bits per heavy atom. The van der Waals surface area contributed by atoms with Crippen molar-refractivity contribution in [1.29, 1.82) is 0 Å². The third kappa shape index (κ3) is 9.03. The second kappa shape index (κ2) is 21.0. The van der Waals surface area contributed by atoms with E-state index >= 15 is 0 Å². The molecule has 356 valence electrons. The van der Waals surface area contributed by atoms with Crippen molar-refractivity contribution in [3.63, 3.8) is 0 Å². The van der Waals surface area contributed by atoms with Gasteiger partial charge in [-0.25, -0.2) is 4.98 Å². The standard InChI is InChI=1S/C69H52N4Si2/c1-8-27-52(28-9-1)53-29-24-30-54(49-53)65-47-22-23-48-66(65)70-69-72-67(55-31-25-45-63(50-55)74(57-33-10-2-11-34-57,58-35-12-3-13-36-58)59-37-14-4-15-38-59)71-68(73-69)56-32-26-46-64(51-56)75(60-39-16-5-17-40-60,61-41-18-6-19-42-61)62-43-20-7-21-44-62/h1-51H,(H,70,71,72,73). The van der Waals surface area contributed by atoms with E-state index in [4.69, 9.17) is 15.0 Å². The molecule has 6 heteroatoms. The van der Waals surface area contributed by atoms with Crippen LogP contribution in [-0.2, 0) is 0 Å². The van der Waals surface area contributed by atoms with E-state index in [1.807, 2.05) is 0 Å². The van der Waals surface area contributed by atoms with Crippen molar-refractivity contribution in [2.75, 3.05) is 5.32 Å². The maximum Gasteiger partial charge on any atom is 0.231 e. The lowest BCUT2D eigenvalue weighted by Crippen LogP contribution is -2.74. The summed E-state index contributed by atoms with van der Waals surface area (Å²) in [5, 5.41) is 14.0. The minimum atomic E-state index is -2.90. The topological polar surface area (TPSA) is 50.7 Å². The Kier molecular flexibility index (Phi) is 13.1. The Balaban J connectivity index is 1.06. The van der Waals surface area contributed by atoms with Crippen LogP contribution in [-0.4, -0.2) is 31.1 Å². The van der Waals surface area contributed by atoms with Gasteiger partial charge in [-0.2, -0.15) is 9.97 Å². The zero-order chi connectivity index (χ0) is 50.3. The van der Waals surface area contributed by atoms with Crippen molar-refractivity contribution in [3.8, 4) is 45.0 Å². The highest BCUT2D eigenvalue weighted by molar-refractivity contribution is 7.20. The average molecular weight is 993 g/mol. The minimum absolute atomic E-state index is 0.452. The van der Waals surface area contributed by atoms with Crippen molar-refractivity contribution >= 4 is 69.3 Å². The first kappa shape index (κ1) is 46.7. The van der Waals surface area contributed by atoms with E-state index in [1.165, 1.54) is 47.1 Å². The zero-order valence-corrected chi connectivity index (χ0v) is 43.3. The van der Waals surface area contributed by atoms with Crippen molar-refractivity contribution in [2.24, 2.45) is 0 Å². The monoisotopic (exact) mass is 992 g/mol. The van der Waals surface area contributed by atoms with Gasteiger partial charge in [0, 0.05) is 22.4 Å². The lowest BCUT2D eigenvalue weighted by Gasteiger charge is -2.34. The molecule has 11 aromatic carbocycles. The molecule has 1 N–H and O–H groups in total. The lowest BCUT2D eigenvalue weighted by atomic mass is 9.98. The van der Waals surface area contributed by atoms with Crippen LogP contribution in [0.1, 0.15) is 0 Å². The summed E-state index contributed by atoms with van der Waals surface area (Å²) >= 11 is 0. The van der Waals surface area contributed by atoms with Gasteiger partial charge in [-0.15, -0.1) is 0 Å². The Bertz CT molecular complexity index is 3460. The fourth-order valence-electron chi connectivity index (χ4n) is 11.1. The van der Waals surface area contributed by atoms with Crippen molar-refractivity contribution in [1.82, 2.24) is 15.0 Å². The van der Waals surface area contributed by atoms with E-state index in [1.54, 1.807) is 0 Å². The van der Waals surface area contributed by atoms with Crippen molar-refractivity contribution < 1.29 is 0 Å². The molecule has 1 aromatic heterocycles. The molecule has 0 aliphatic carbocycles. The second-order valence-electron chi connectivity index (χ2n) is 18.8. The SMILES string of the molecule is c1ccc(-c2cccc(-c3ccccc3Nc3nc(-c4cccc([Si](c5ccccc5)(c5ccccc5)c5ccccc5)c4)nc(-c4cccc([Si](c5ccccc5)(c5ccccc5)c5ccccc5)c4)n3)c2)cc1. The fourth-order valence-corrected chi connectivity index (χ4v) is 20.7. The third-order valence-corrected chi connectivity index (χ3v) is 24.0. The summed E-state index contributed by atoms with van der Waals surface area (Å²) in [5.41, 5.74) is 7.13. The van der Waals surface area contributed by atoms with Gasteiger partial charge >= 0.3 is 0 Å². The van der Waals surface area contributed by atoms with Gasteiger partial charge in [0.15, 0.2) is 27.8 Å². The molecule has 75 heavy (non-hydrogen) atoms. The molecule has 0 amide bonds. The van der Waals surface area contributed by atoms with Crippen LogP contribution in [0.15, 0.2) is 309 Å². The summed E-state index contributed by atoms with van der Waals surface area (Å²) < 4.78 is 0. The Morgan fingerprint density at radius 3 is 0.947 bits per heavy atom. The molecule has 12 rings (SSSR count). The molecule has 1 heterocycles. The van der Waals surface area contributed by atoms with Crippen molar-refractivity contribution in [3.05, 3.63) is 309 Å². The van der Waals surface area contributed by atoms with Gasteiger partial charge in [-0.3, -0.25) is 0 Å². The highest BCUT2D eigenvalue weighted by atomic mass is 28.3. The molecular weight excluding hydrogens is 941 g/mol. The summed E-state index contributed by atoms with van der Waals surface area (Å²) in [7, 11) is -5.80. The van der Waals surface area contributed by atoms with Crippen LogP contribution in [0.25, 0.3) is 45.0 Å². The van der Waals surface area contributed by atoms with Crippen molar-refractivity contribution in [2.45, 2.75) is 0 Å². The molecule has 0 bridgehead atoms. The quantitative estimate of drug-likeness (QED) is 0.0871.